The molecule has 4 nitrogen and oxygen atoms in total. The number of rotatable bonds is 6. The molecule has 1 atom stereocenters. The summed E-state index contributed by atoms with van der Waals surface area (Å²) in [7, 11) is 1.58. The average Bonchev–Trinajstić information content (AvgIpc) is 2.48. The van der Waals surface area contributed by atoms with Crippen molar-refractivity contribution >= 4 is 28.3 Å². The van der Waals surface area contributed by atoms with Crippen molar-refractivity contribution in [1.82, 2.24) is 5.32 Å². The van der Waals surface area contributed by atoms with Gasteiger partial charge in [0.25, 0.3) is 5.91 Å². The third-order valence-corrected chi connectivity index (χ3v) is 3.58. The zero-order chi connectivity index (χ0) is 15.2. The Balaban J connectivity index is 2.04. The van der Waals surface area contributed by atoms with Gasteiger partial charge < -0.3 is 15.2 Å². The first-order valence-electron chi connectivity index (χ1n) is 6.75. The van der Waals surface area contributed by atoms with Gasteiger partial charge in [-0.05, 0) is 17.9 Å². The molecule has 0 heterocycles. The first-order valence-corrected chi connectivity index (χ1v) is 7.19. The van der Waals surface area contributed by atoms with Gasteiger partial charge in [-0.25, -0.2) is 0 Å². The number of hydrogen-bond donors (Lipinski definition) is 2. The maximum atomic E-state index is 12.1. The molecule has 2 aromatic rings. The lowest BCUT2D eigenvalue weighted by atomic mass is 10.0. The summed E-state index contributed by atoms with van der Waals surface area (Å²) < 4.78 is 4.93. The molecule has 1 amide bonds. The highest BCUT2D eigenvalue weighted by Gasteiger charge is 2.13. The van der Waals surface area contributed by atoms with Crippen LogP contribution >= 0.6 is 11.6 Å². The number of fused-ring (bicyclic) bond motifs is 1. The maximum absolute atomic E-state index is 12.1. The van der Waals surface area contributed by atoms with Gasteiger partial charge in [0.2, 0.25) is 0 Å². The number of nitrogens with one attached hydrogen (secondary N) is 1. The van der Waals surface area contributed by atoms with Crippen LogP contribution in [0.5, 0.6) is 5.75 Å². The van der Waals surface area contributed by atoms with Crippen LogP contribution in [0.4, 0.5) is 0 Å². The Morgan fingerprint density at radius 1 is 1.33 bits per heavy atom. The number of alkyl halides is 1. The van der Waals surface area contributed by atoms with Crippen molar-refractivity contribution in [2.24, 2.45) is 0 Å². The second kappa shape index (κ2) is 7.29. The van der Waals surface area contributed by atoms with Crippen LogP contribution < -0.4 is 5.32 Å². The van der Waals surface area contributed by atoms with Crippen LogP contribution in [0.15, 0.2) is 36.4 Å². The van der Waals surface area contributed by atoms with Gasteiger partial charge in [-0.3, -0.25) is 4.79 Å². The fourth-order valence-corrected chi connectivity index (χ4v) is 2.38. The summed E-state index contributed by atoms with van der Waals surface area (Å²) in [6, 6.07) is 10.8. The predicted octanol–water partition coefficient (Wildman–Crippen LogP) is 2.92. The molecular weight excluding hydrogens is 290 g/mol. The number of carbonyl (C=O) groups is 1. The van der Waals surface area contributed by atoms with E-state index >= 15 is 0 Å². The summed E-state index contributed by atoms with van der Waals surface area (Å²) in [6.07, 6.45) is 0.607. The van der Waals surface area contributed by atoms with Crippen molar-refractivity contribution < 1.29 is 14.6 Å². The molecule has 2 N–H and O–H groups in total. The zero-order valence-electron chi connectivity index (χ0n) is 11.8. The van der Waals surface area contributed by atoms with Crippen LogP contribution in [0.2, 0.25) is 0 Å². The number of hydrogen-bond acceptors (Lipinski definition) is 3. The largest absolute Gasteiger partial charge is 0.506 e. The fourth-order valence-electron chi connectivity index (χ4n) is 2.14. The Labute approximate surface area is 128 Å². The molecule has 0 aliphatic heterocycles. The molecule has 0 aliphatic carbocycles. The van der Waals surface area contributed by atoms with E-state index in [2.05, 4.69) is 5.32 Å². The topological polar surface area (TPSA) is 58.6 Å². The van der Waals surface area contributed by atoms with E-state index in [0.29, 0.717) is 25.0 Å². The van der Waals surface area contributed by atoms with Gasteiger partial charge >= 0.3 is 0 Å². The quantitative estimate of drug-likeness (QED) is 0.807. The predicted molar refractivity (Wildman–Crippen MR) is 84.1 cm³/mol. The molecule has 0 aromatic heterocycles. The van der Waals surface area contributed by atoms with Crippen molar-refractivity contribution in [2.75, 3.05) is 20.3 Å². The van der Waals surface area contributed by atoms with Crippen LogP contribution in [0, 0.1) is 0 Å². The first-order chi connectivity index (χ1) is 10.1. The van der Waals surface area contributed by atoms with E-state index in [4.69, 9.17) is 16.3 Å². The number of phenols is 1. The molecule has 1 unspecified atom stereocenters. The minimum Gasteiger partial charge on any atom is -0.506 e. The lowest BCUT2D eigenvalue weighted by Crippen LogP contribution is -2.27. The van der Waals surface area contributed by atoms with Gasteiger partial charge in [0.05, 0.1) is 17.5 Å². The highest BCUT2D eigenvalue weighted by atomic mass is 35.5. The van der Waals surface area contributed by atoms with E-state index in [1.807, 2.05) is 24.3 Å². The zero-order valence-corrected chi connectivity index (χ0v) is 12.6. The molecule has 0 fully saturated rings. The van der Waals surface area contributed by atoms with Crippen LogP contribution in [-0.4, -0.2) is 36.7 Å². The van der Waals surface area contributed by atoms with Gasteiger partial charge in [0, 0.05) is 19.0 Å². The standard InChI is InChI=1S/C16H18ClNO3/c1-21-10-12(17)8-9-18-16(20)14-7-6-11-4-2-3-5-13(11)15(14)19/h2-7,12,19H,8-10H2,1H3,(H,18,20). The molecule has 0 spiro atoms. The van der Waals surface area contributed by atoms with Gasteiger partial charge in [0.1, 0.15) is 5.75 Å². The Hall–Kier alpha value is -1.78. The number of methoxy groups -OCH3 is 1. The summed E-state index contributed by atoms with van der Waals surface area (Å²) >= 11 is 5.99. The van der Waals surface area contributed by atoms with E-state index in [0.717, 1.165) is 5.39 Å². The number of carbonyl (C=O) groups excluding carboxylic acids is 1. The van der Waals surface area contributed by atoms with E-state index in [9.17, 15) is 9.90 Å². The molecular formula is C16H18ClNO3. The highest BCUT2D eigenvalue weighted by Crippen LogP contribution is 2.28. The van der Waals surface area contributed by atoms with Crippen LogP contribution in [-0.2, 0) is 4.74 Å². The molecule has 0 saturated heterocycles. The molecule has 0 saturated carbocycles. The van der Waals surface area contributed by atoms with Gasteiger partial charge in [0.15, 0.2) is 0 Å². The fraction of sp³-hybridized carbons (Fsp3) is 0.312. The molecule has 2 aromatic carbocycles. The maximum Gasteiger partial charge on any atom is 0.255 e. The molecule has 2 rings (SSSR count). The van der Waals surface area contributed by atoms with Crippen molar-refractivity contribution in [3.05, 3.63) is 42.0 Å². The number of phenolic OH excluding ortho intramolecular Hbond substituents is 1. The van der Waals surface area contributed by atoms with Crippen LogP contribution in [0.1, 0.15) is 16.8 Å². The van der Waals surface area contributed by atoms with Gasteiger partial charge in [-0.15, -0.1) is 11.6 Å². The average molecular weight is 308 g/mol. The van der Waals surface area contributed by atoms with E-state index in [-0.39, 0.29) is 22.6 Å². The van der Waals surface area contributed by atoms with Crippen molar-refractivity contribution in [3.63, 3.8) is 0 Å². The number of amides is 1. The first kappa shape index (κ1) is 15.6. The third-order valence-electron chi connectivity index (χ3n) is 3.24. The third kappa shape index (κ3) is 3.86. The highest BCUT2D eigenvalue weighted by molar-refractivity contribution is 6.20. The number of benzene rings is 2. The molecule has 5 heteroatoms. The Kier molecular flexibility index (Phi) is 5.42. The second-order valence-corrected chi connectivity index (χ2v) is 5.40. The minimum atomic E-state index is -0.306. The van der Waals surface area contributed by atoms with Gasteiger partial charge in [-0.2, -0.15) is 0 Å². The van der Waals surface area contributed by atoms with Crippen molar-refractivity contribution in [3.8, 4) is 5.75 Å². The lowest BCUT2D eigenvalue weighted by molar-refractivity contribution is 0.0949. The lowest BCUT2D eigenvalue weighted by Gasteiger charge is -2.11. The van der Waals surface area contributed by atoms with Crippen molar-refractivity contribution in [2.45, 2.75) is 11.8 Å². The second-order valence-electron chi connectivity index (χ2n) is 4.78. The summed E-state index contributed by atoms with van der Waals surface area (Å²) in [5, 5.41) is 14.4. The van der Waals surface area contributed by atoms with Crippen LogP contribution in [0.3, 0.4) is 0 Å². The normalized spacial score (nSPS) is 12.3. The van der Waals surface area contributed by atoms with E-state index in [1.54, 1.807) is 19.2 Å². The van der Waals surface area contributed by atoms with E-state index in [1.165, 1.54) is 0 Å². The Bertz CT molecular complexity index is 630. The van der Waals surface area contributed by atoms with Crippen molar-refractivity contribution in [1.29, 1.82) is 0 Å². The summed E-state index contributed by atoms with van der Waals surface area (Å²) in [4.78, 5) is 12.1. The smallest absolute Gasteiger partial charge is 0.255 e. The minimum absolute atomic E-state index is 0.00455. The van der Waals surface area contributed by atoms with Crippen LogP contribution in [0.25, 0.3) is 10.8 Å². The van der Waals surface area contributed by atoms with E-state index < -0.39 is 0 Å². The molecule has 112 valence electrons. The Morgan fingerprint density at radius 3 is 2.86 bits per heavy atom. The monoisotopic (exact) mass is 307 g/mol. The van der Waals surface area contributed by atoms with Gasteiger partial charge in [-0.1, -0.05) is 30.3 Å². The molecule has 0 aliphatic rings. The SMILES string of the molecule is COCC(Cl)CCNC(=O)c1ccc2ccccc2c1O. The molecule has 0 radical (unpaired) electrons. The summed E-state index contributed by atoms with van der Waals surface area (Å²) in [5.41, 5.74) is 0.270. The summed E-state index contributed by atoms with van der Waals surface area (Å²) in [6.45, 7) is 0.876. The number of aromatic hydroxyl groups is 1. The molecule has 0 bridgehead atoms. The Morgan fingerprint density at radius 2 is 2.10 bits per heavy atom. The summed E-state index contributed by atoms with van der Waals surface area (Å²) in [5.74, 6) is -0.301. The number of halogens is 1. The molecule has 21 heavy (non-hydrogen) atoms. The number of ether oxygens (including phenoxy) is 1.